The Kier molecular flexibility index (Phi) is 7.08. The van der Waals surface area contributed by atoms with Gasteiger partial charge in [-0.05, 0) is 31.6 Å². The SMILES string of the molecule is CNCCc1cc(OC)c(OCCC(F)F)cc1OC. The van der Waals surface area contributed by atoms with Gasteiger partial charge in [0, 0.05) is 12.5 Å². The van der Waals surface area contributed by atoms with Gasteiger partial charge in [0.15, 0.2) is 11.5 Å². The number of likely N-dealkylation sites (N-methyl/N-ethyl adjacent to an activating group) is 1. The van der Waals surface area contributed by atoms with Crippen molar-refractivity contribution in [3.05, 3.63) is 17.7 Å². The largest absolute Gasteiger partial charge is 0.496 e. The minimum absolute atomic E-state index is 0.0625. The van der Waals surface area contributed by atoms with Gasteiger partial charge in [0.1, 0.15) is 5.75 Å². The molecule has 0 aliphatic rings. The summed E-state index contributed by atoms with van der Waals surface area (Å²) in [4.78, 5) is 0. The molecule has 6 heteroatoms. The highest BCUT2D eigenvalue weighted by molar-refractivity contribution is 5.50. The number of ether oxygens (including phenoxy) is 3. The van der Waals surface area contributed by atoms with E-state index in [1.54, 1.807) is 13.2 Å². The Morgan fingerprint density at radius 1 is 1.10 bits per heavy atom. The summed E-state index contributed by atoms with van der Waals surface area (Å²) >= 11 is 0. The lowest BCUT2D eigenvalue weighted by Gasteiger charge is -2.15. The first kappa shape index (κ1) is 16.5. The van der Waals surface area contributed by atoms with Crippen LogP contribution in [0.1, 0.15) is 12.0 Å². The molecule has 114 valence electrons. The monoisotopic (exact) mass is 289 g/mol. The number of benzene rings is 1. The number of hydrogen-bond donors (Lipinski definition) is 1. The normalized spacial score (nSPS) is 10.7. The highest BCUT2D eigenvalue weighted by atomic mass is 19.3. The molecule has 0 atom stereocenters. The summed E-state index contributed by atoms with van der Waals surface area (Å²) in [6, 6.07) is 3.49. The Morgan fingerprint density at radius 3 is 2.35 bits per heavy atom. The van der Waals surface area contributed by atoms with Gasteiger partial charge in [0.05, 0.1) is 20.8 Å². The zero-order chi connectivity index (χ0) is 15.0. The van der Waals surface area contributed by atoms with Crippen LogP contribution in [0.4, 0.5) is 8.78 Å². The molecular formula is C14H21F2NO3. The van der Waals surface area contributed by atoms with Gasteiger partial charge in [-0.25, -0.2) is 8.78 Å². The lowest BCUT2D eigenvalue weighted by atomic mass is 10.1. The van der Waals surface area contributed by atoms with Gasteiger partial charge in [-0.15, -0.1) is 0 Å². The molecule has 0 aromatic heterocycles. The van der Waals surface area contributed by atoms with E-state index in [4.69, 9.17) is 14.2 Å². The van der Waals surface area contributed by atoms with Crippen molar-refractivity contribution in [2.24, 2.45) is 0 Å². The fourth-order valence-corrected chi connectivity index (χ4v) is 1.76. The van der Waals surface area contributed by atoms with Crippen LogP contribution in [0.15, 0.2) is 12.1 Å². The molecule has 0 amide bonds. The zero-order valence-electron chi connectivity index (χ0n) is 12.0. The maximum atomic E-state index is 12.1. The predicted molar refractivity (Wildman–Crippen MR) is 73.3 cm³/mol. The highest BCUT2D eigenvalue weighted by Gasteiger charge is 2.13. The van der Waals surface area contributed by atoms with Gasteiger partial charge in [-0.3, -0.25) is 0 Å². The van der Waals surface area contributed by atoms with E-state index in [-0.39, 0.29) is 13.0 Å². The van der Waals surface area contributed by atoms with E-state index in [1.807, 2.05) is 13.1 Å². The molecule has 0 unspecified atom stereocenters. The van der Waals surface area contributed by atoms with Crippen LogP contribution in [0.25, 0.3) is 0 Å². The van der Waals surface area contributed by atoms with Gasteiger partial charge >= 0.3 is 0 Å². The summed E-state index contributed by atoms with van der Waals surface area (Å²) < 4.78 is 40.1. The van der Waals surface area contributed by atoms with Crippen molar-refractivity contribution >= 4 is 0 Å². The first-order valence-corrected chi connectivity index (χ1v) is 6.42. The minimum atomic E-state index is -2.38. The van der Waals surface area contributed by atoms with Gasteiger partial charge < -0.3 is 19.5 Å². The highest BCUT2D eigenvalue weighted by Crippen LogP contribution is 2.35. The molecule has 1 rings (SSSR count). The second-order valence-corrected chi connectivity index (χ2v) is 4.20. The van der Waals surface area contributed by atoms with Gasteiger partial charge in [-0.2, -0.15) is 0 Å². The van der Waals surface area contributed by atoms with Crippen LogP contribution < -0.4 is 19.5 Å². The molecule has 0 bridgehead atoms. The van der Waals surface area contributed by atoms with E-state index in [2.05, 4.69) is 5.32 Å². The molecule has 0 spiro atoms. The standard InChI is InChI=1S/C14H21F2NO3/c1-17-6-4-10-8-12(19-3)13(9-11(10)18-2)20-7-5-14(15)16/h8-9,14,17H,4-7H2,1-3H3. The van der Waals surface area contributed by atoms with Crippen LogP contribution in [0.5, 0.6) is 17.2 Å². The molecule has 1 aromatic rings. The molecule has 0 saturated carbocycles. The van der Waals surface area contributed by atoms with Crippen LogP contribution >= 0.6 is 0 Å². The van der Waals surface area contributed by atoms with Gasteiger partial charge in [0.2, 0.25) is 6.43 Å². The van der Waals surface area contributed by atoms with Crippen molar-refractivity contribution in [1.82, 2.24) is 5.32 Å². The molecule has 20 heavy (non-hydrogen) atoms. The molecule has 1 N–H and O–H groups in total. The fraction of sp³-hybridized carbons (Fsp3) is 0.571. The van der Waals surface area contributed by atoms with Crippen molar-refractivity contribution in [3.8, 4) is 17.2 Å². The fourth-order valence-electron chi connectivity index (χ4n) is 1.76. The van der Waals surface area contributed by atoms with E-state index in [9.17, 15) is 8.78 Å². The molecule has 0 aliphatic carbocycles. The third kappa shape index (κ3) is 4.85. The first-order chi connectivity index (χ1) is 9.62. The topological polar surface area (TPSA) is 39.7 Å². The van der Waals surface area contributed by atoms with E-state index in [1.165, 1.54) is 7.11 Å². The van der Waals surface area contributed by atoms with Crippen molar-refractivity contribution in [1.29, 1.82) is 0 Å². The second-order valence-electron chi connectivity index (χ2n) is 4.20. The van der Waals surface area contributed by atoms with E-state index in [0.717, 1.165) is 18.5 Å². The minimum Gasteiger partial charge on any atom is -0.496 e. The van der Waals surface area contributed by atoms with Crippen LogP contribution in [-0.2, 0) is 6.42 Å². The van der Waals surface area contributed by atoms with Crippen molar-refractivity contribution in [2.75, 3.05) is 34.4 Å². The number of rotatable bonds is 9. The lowest BCUT2D eigenvalue weighted by Crippen LogP contribution is -2.11. The maximum absolute atomic E-state index is 12.1. The quantitative estimate of drug-likeness (QED) is 0.758. The van der Waals surface area contributed by atoms with Gasteiger partial charge in [0.25, 0.3) is 0 Å². The summed E-state index contributed by atoms with van der Waals surface area (Å²) in [6.45, 7) is 0.734. The molecule has 1 aromatic carbocycles. The molecule has 0 aliphatic heterocycles. The lowest BCUT2D eigenvalue weighted by molar-refractivity contribution is 0.113. The molecule has 0 fully saturated rings. The van der Waals surface area contributed by atoms with Gasteiger partial charge in [-0.1, -0.05) is 0 Å². The molecular weight excluding hydrogens is 268 g/mol. The Morgan fingerprint density at radius 2 is 1.80 bits per heavy atom. The Bertz CT molecular complexity index is 414. The maximum Gasteiger partial charge on any atom is 0.241 e. The van der Waals surface area contributed by atoms with Crippen molar-refractivity contribution < 1.29 is 23.0 Å². The zero-order valence-corrected chi connectivity index (χ0v) is 12.0. The van der Waals surface area contributed by atoms with E-state index < -0.39 is 6.43 Å². The molecule has 0 heterocycles. The Hall–Kier alpha value is -1.56. The third-order valence-electron chi connectivity index (χ3n) is 2.80. The number of hydrogen-bond acceptors (Lipinski definition) is 4. The van der Waals surface area contributed by atoms with Crippen molar-refractivity contribution in [2.45, 2.75) is 19.3 Å². The van der Waals surface area contributed by atoms with Crippen LogP contribution in [0.3, 0.4) is 0 Å². The van der Waals surface area contributed by atoms with Crippen LogP contribution in [0.2, 0.25) is 0 Å². The summed E-state index contributed by atoms with van der Waals surface area (Å²) in [7, 11) is 4.95. The smallest absolute Gasteiger partial charge is 0.241 e. The summed E-state index contributed by atoms with van der Waals surface area (Å²) in [5.41, 5.74) is 0.972. The molecule has 0 saturated heterocycles. The molecule has 4 nitrogen and oxygen atoms in total. The van der Waals surface area contributed by atoms with E-state index >= 15 is 0 Å². The van der Waals surface area contributed by atoms with Crippen LogP contribution in [0, 0.1) is 0 Å². The van der Waals surface area contributed by atoms with Crippen molar-refractivity contribution in [3.63, 3.8) is 0 Å². The van der Waals surface area contributed by atoms with Crippen LogP contribution in [-0.4, -0.2) is 40.8 Å². The summed E-state index contributed by atoms with van der Waals surface area (Å²) in [5, 5.41) is 3.06. The third-order valence-corrected chi connectivity index (χ3v) is 2.80. The summed E-state index contributed by atoms with van der Waals surface area (Å²) in [5.74, 6) is 1.59. The average molecular weight is 289 g/mol. The number of methoxy groups -OCH3 is 2. The molecule has 0 radical (unpaired) electrons. The first-order valence-electron chi connectivity index (χ1n) is 6.42. The second kappa shape index (κ2) is 8.58. The average Bonchev–Trinajstić information content (AvgIpc) is 2.44. The van der Waals surface area contributed by atoms with E-state index in [0.29, 0.717) is 17.2 Å². The predicted octanol–water partition coefficient (Wildman–Crippen LogP) is 2.50. The number of nitrogens with one attached hydrogen (secondary N) is 1. The summed E-state index contributed by atoms with van der Waals surface area (Å²) in [6.07, 6.45) is -1.92. The Labute approximate surface area is 118 Å². The Balaban J connectivity index is 2.87. The number of halogens is 2. The number of alkyl halides is 2.